The zero-order valence-corrected chi connectivity index (χ0v) is 21.8. The Morgan fingerprint density at radius 1 is 0.676 bits per heavy atom. The molecule has 2 rings (SSSR count). The van der Waals surface area contributed by atoms with Crippen molar-refractivity contribution in [3.8, 4) is 16.9 Å². The van der Waals surface area contributed by atoms with Gasteiger partial charge in [0.15, 0.2) is 0 Å². The summed E-state index contributed by atoms with van der Waals surface area (Å²) in [6.45, 7) is 7.19. The molecule has 1 atom stereocenters. The van der Waals surface area contributed by atoms with Crippen LogP contribution in [0.4, 0.5) is 0 Å². The second kappa shape index (κ2) is 17.2. The van der Waals surface area contributed by atoms with Gasteiger partial charge in [-0.25, -0.2) is 0 Å². The molecule has 1 unspecified atom stereocenters. The normalized spacial score (nSPS) is 11.9. The Hall–Kier alpha value is -2.29. The molecular weight excluding hydrogens is 420 g/mol. The molecule has 0 aromatic heterocycles. The SMILES string of the molecule is CCCCCCCCCOc1ccc(-c2ccc(C(C)OC(=O)CCCCCCC)cc2)cc1. The van der Waals surface area contributed by atoms with Gasteiger partial charge in [-0.15, -0.1) is 0 Å². The molecule has 2 aromatic carbocycles. The van der Waals surface area contributed by atoms with E-state index in [1.54, 1.807) is 0 Å². The molecule has 3 nitrogen and oxygen atoms in total. The molecule has 0 aliphatic heterocycles. The van der Waals surface area contributed by atoms with Gasteiger partial charge in [0.1, 0.15) is 11.9 Å². The van der Waals surface area contributed by atoms with Crippen molar-refractivity contribution >= 4 is 5.97 Å². The monoisotopic (exact) mass is 466 g/mol. The van der Waals surface area contributed by atoms with Gasteiger partial charge in [0.05, 0.1) is 6.61 Å². The molecule has 0 saturated carbocycles. The van der Waals surface area contributed by atoms with E-state index in [0.29, 0.717) is 6.42 Å². The number of rotatable bonds is 18. The van der Waals surface area contributed by atoms with E-state index in [-0.39, 0.29) is 12.1 Å². The lowest BCUT2D eigenvalue weighted by Gasteiger charge is -2.14. The number of carbonyl (C=O) groups excluding carboxylic acids is 1. The predicted octanol–water partition coefficient (Wildman–Crippen LogP) is 9.45. The van der Waals surface area contributed by atoms with Crippen molar-refractivity contribution in [1.29, 1.82) is 0 Å². The van der Waals surface area contributed by atoms with Gasteiger partial charge < -0.3 is 9.47 Å². The first-order valence-corrected chi connectivity index (χ1v) is 13.7. The van der Waals surface area contributed by atoms with Gasteiger partial charge in [0, 0.05) is 6.42 Å². The molecule has 0 saturated heterocycles. The maximum absolute atomic E-state index is 12.1. The summed E-state index contributed by atoms with van der Waals surface area (Å²) >= 11 is 0. The highest BCUT2D eigenvalue weighted by atomic mass is 16.5. The van der Waals surface area contributed by atoms with Gasteiger partial charge in [0.25, 0.3) is 0 Å². The Kier molecular flexibility index (Phi) is 14.1. The van der Waals surface area contributed by atoms with Crippen LogP contribution in [0.25, 0.3) is 11.1 Å². The van der Waals surface area contributed by atoms with Gasteiger partial charge in [-0.3, -0.25) is 4.79 Å². The van der Waals surface area contributed by atoms with E-state index in [1.165, 1.54) is 57.8 Å². The summed E-state index contributed by atoms with van der Waals surface area (Å²) in [6, 6.07) is 16.6. The van der Waals surface area contributed by atoms with E-state index in [4.69, 9.17) is 9.47 Å². The highest BCUT2D eigenvalue weighted by molar-refractivity contribution is 5.69. The van der Waals surface area contributed by atoms with Gasteiger partial charge >= 0.3 is 5.97 Å². The number of esters is 1. The highest BCUT2D eigenvalue weighted by Crippen LogP contribution is 2.26. The highest BCUT2D eigenvalue weighted by Gasteiger charge is 2.12. The fourth-order valence-electron chi connectivity index (χ4n) is 4.14. The molecule has 0 aliphatic carbocycles. The van der Waals surface area contributed by atoms with E-state index >= 15 is 0 Å². The van der Waals surface area contributed by atoms with Gasteiger partial charge in [0.2, 0.25) is 0 Å². The maximum atomic E-state index is 12.1. The Balaban J connectivity index is 1.71. The molecule has 0 fully saturated rings. The summed E-state index contributed by atoms with van der Waals surface area (Å²) in [6.07, 6.45) is 15.0. The summed E-state index contributed by atoms with van der Waals surface area (Å²) in [5, 5.41) is 0. The van der Waals surface area contributed by atoms with Crippen molar-refractivity contribution in [3.63, 3.8) is 0 Å². The van der Waals surface area contributed by atoms with Crippen molar-refractivity contribution < 1.29 is 14.3 Å². The molecule has 34 heavy (non-hydrogen) atoms. The summed E-state index contributed by atoms with van der Waals surface area (Å²) in [5.41, 5.74) is 3.33. The quantitative estimate of drug-likeness (QED) is 0.162. The molecule has 0 aliphatic rings. The van der Waals surface area contributed by atoms with Crippen molar-refractivity contribution in [2.75, 3.05) is 6.61 Å². The smallest absolute Gasteiger partial charge is 0.306 e. The van der Waals surface area contributed by atoms with E-state index in [0.717, 1.165) is 48.3 Å². The average molecular weight is 467 g/mol. The first kappa shape index (κ1) is 28.0. The molecule has 0 N–H and O–H groups in total. The molecule has 3 heteroatoms. The number of carbonyl (C=O) groups is 1. The Labute approximate surface area is 208 Å². The van der Waals surface area contributed by atoms with Crippen LogP contribution in [0, 0.1) is 0 Å². The number of unbranched alkanes of at least 4 members (excludes halogenated alkanes) is 10. The van der Waals surface area contributed by atoms with E-state index in [9.17, 15) is 4.79 Å². The summed E-state index contributed by atoms with van der Waals surface area (Å²) in [5.74, 6) is 0.835. The molecule has 188 valence electrons. The number of hydrogen-bond acceptors (Lipinski definition) is 3. The molecule has 0 radical (unpaired) electrons. The minimum absolute atomic E-state index is 0.0971. The van der Waals surface area contributed by atoms with Crippen LogP contribution >= 0.6 is 0 Å². The standard InChI is InChI=1S/C31H46O3/c1-4-6-8-10-11-13-15-25-33-30-23-21-29(22-24-30)28-19-17-27(18-20-28)26(3)34-31(32)16-14-12-9-7-5-2/h17-24,26H,4-16,25H2,1-3H3. The van der Waals surface area contributed by atoms with Crippen molar-refractivity contribution in [3.05, 3.63) is 54.1 Å². The maximum Gasteiger partial charge on any atom is 0.306 e. The van der Waals surface area contributed by atoms with E-state index in [1.807, 2.05) is 6.92 Å². The fourth-order valence-corrected chi connectivity index (χ4v) is 4.14. The number of ether oxygens (including phenoxy) is 2. The Bertz CT molecular complexity index is 779. The second-order valence-corrected chi connectivity index (χ2v) is 9.41. The van der Waals surface area contributed by atoms with Crippen LogP contribution < -0.4 is 4.74 Å². The minimum Gasteiger partial charge on any atom is -0.494 e. The third-order valence-electron chi connectivity index (χ3n) is 6.38. The topological polar surface area (TPSA) is 35.5 Å². The molecule has 0 heterocycles. The summed E-state index contributed by atoms with van der Waals surface area (Å²) in [7, 11) is 0. The third kappa shape index (κ3) is 11.2. The lowest BCUT2D eigenvalue weighted by Crippen LogP contribution is -2.08. The van der Waals surface area contributed by atoms with Crippen LogP contribution in [0.3, 0.4) is 0 Å². The van der Waals surface area contributed by atoms with Crippen LogP contribution in [0.5, 0.6) is 5.75 Å². The van der Waals surface area contributed by atoms with Crippen LogP contribution in [0.2, 0.25) is 0 Å². The number of benzene rings is 2. The zero-order valence-electron chi connectivity index (χ0n) is 21.8. The Morgan fingerprint density at radius 3 is 1.76 bits per heavy atom. The molecule has 2 aromatic rings. The largest absolute Gasteiger partial charge is 0.494 e. The molecular formula is C31H46O3. The summed E-state index contributed by atoms with van der Waals surface area (Å²) < 4.78 is 11.5. The van der Waals surface area contributed by atoms with Crippen LogP contribution in [0.1, 0.15) is 116 Å². The van der Waals surface area contributed by atoms with Crippen molar-refractivity contribution in [2.45, 2.75) is 110 Å². The van der Waals surface area contributed by atoms with Crippen molar-refractivity contribution in [1.82, 2.24) is 0 Å². The van der Waals surface area contributed by atoms with Crippen LogP contribution in [-0.2, 0) is 9.53 Å². The zero-order chi connectivity index (χ0) is 24.4. The number of hydrogen-bond donors (Lipinski definition) is 0. The lowest BCUT2D eigenvalue weighted by molar-refractivity contribution is -0.148. The average Bonchev–Trinajstić information content (AvgIpc) is 2.86. The lowest BCUT2D eigenvalue weighted by atomic mass is 10.0. The van der Waals surface area contributed by atoms with Crippen LogP contribution in [-0.4, -0.2) is 12.6 Å². The molecule has 0 spiro atoms. The first-order chi connectivity index (χ1) is 16.6. The second-order valence-electron chi connectivity index (χ2n) is 9.41. The predicted molar refractivity (Wildman–Crippen MR) is 143 cm³/mol. The summed E-state index contributed by atoms with van der Waals surface area (Å²) in [4.78, 5) is 12.1. The fraction of sp³-hybridized carbons (Fsp3) is 0.581. The Morgan fingerprint density at radius 2 is 1.18 bits per heavy atom. The minimum atomic E-state index is -0.223. The van der Waals surface area contributed by atoms with Gasteiger partial charge in [-0.2, -0.15) is 0 Å². The van der Waals surface area contributed by atoms with Gasteiger partial charge in [-0.1, -0.05) is 114 Å². The third-order valence-corrected chi connectivity index (χ3v) is 6.38. The molecule has 0 bridgehead atoms. The van der Waals surface area contributed by atoms with E-state index < -0.39 is 0 Å². The van der Waals surface area contributed by atoms with E-state index in [2.05, 4.69) is 62.4 Å². The van der Waals surface area contributed by atoms with Gasteiger partial charge in [-0.05, 0) is 48.6 Å². The van der Waals surface area contributed by atoms with Crippen LogP contribution in [0.15, 0.2) is 48.5 Å². The first-order valence-electron chi connectivity index (χ1n) is 13.7. The van der Waals surface area contributed by atoms with Crippen molar-refractivity contribution in [2.24, 2.45) is 0 Å². The molecule has 0 amide bonds.